The predicted octanol–water partition coefficient (Wildman–Crippen LogP) is 3.27. The molecule has 41 heavy (non-hydrogen) atoms. The monoisotopic (exact) mass is 614 g/mol. The fraction of sp³-hybridized carbons (Fsp3) is 0.320. The summed E-state index contributed by atoms with van der Waals surface area (Å²) in [5, 5.41) is 16.5. The first-order chi connectivity index (χ1) is 19.4. The zero-order chi connectivity index (χ0) is 30.0. The quantitative estimate of drug-likeness (QED) is 0.179. The Labute approximate surface area is 239 Å². The van der Waals surface area contributed by atoms with Gasteiger partial charge < -0.3 is 34.6 Å². The Bertz CT molecular complexity index is 1400. The molecule has 2 atom stereocenters. The van der Waals surface area contributed by atoms with Crippen LogP contribution in [0.1, 0.15) is 5.56 Å². The summed E-state index contributed by atoms with van der Waals surface area (Å²) in [6.07, 6.45) is -0.652. The number of rotatable bonds is 13. The molecule has 3 aromatic rings. The van der Waals surface area contributed by atoms with Crippen molar-refractivity contribution in [3.63, 3.8) is 0 Å². The van der Waals surface area contributed by atoms with E-state index in [2.05, 4.69) is 20.1 Å². The Hall–Kier alpha value is -3.36. The number of phosphoric ester groups is 1. The molecule has 1 heterocycles. The van der Waals surface area contributed by atoms with Crippen molar-refractivity contribution in [1.82, 2.24) is 15.2 Å². The lowest BCUT2D eigenvalue weighted by atomic mass is 10.2. The van der Waals surface area contributed by atoms with Gasteiger partial charge in [-0.15, -0.1) is 0 Å². The Kier molecular flexibility index (Phi) is 11.8. The van der Waals surface area contributed by atoms with Crippen LogP contribution in [-0.4, -0.2) is 82.5 Å². The number of carbonyl (C=O) groups is 2. The summed E-state index contributed by atoms with van der Waals surface area (Å²) in [7, 11) is -3.38. The molecule has 16 heteroatoms. The number of anilines is 1. The van der Waals surface area contributed by atoms with Crippen LogP contribution in [0.5, 0.6) is 0 Å². The zero-order valence-corrected chi connectivity index (χ0v) is 23.4. The summed E-state index contributed by atoms with van der Waals surface area (Å²) in [6.45, 7) is -1.80. The van der Waals surface area contributed by atoms with Crippen LogP contribution in [-0.2, 0) is 25.1 Å². The third-order valence-electron chi connectivity index (χ3n) is 5.65. The van der Waals surface area contributed by atoms with Crippen molar-refractivity contribution in [2.24, 2.45) is 0 Å². The van der Waals surface area contributed by atoms with E-state index in [0.717, 1.165) is 10.8 Å². The fourth-order valence-corrected chi connectivity index (χ4v) is 4.01. The van der Waals surface area contributed by atoms with E-state index in [1.807, 2.05) is 24.3 Å². The van der Waals surface area contributed by atoms with Crippen molar-refractivity contribution in [3.8, 4) is 0 Å². The van der Waals surface area contributed by atoms with Crippen LogP contribution < -0.4 is 10.6 Å². The number of nitrogens with one attached hydrogen (secondary N) is 2. The molecule has 0 radical (unpaired) electrons. The molecule has 0 saturated carbocycles. The lowest BCUT2D eigenvalue weighted by Gasteiger charge is -2.28. The minimum atomic E-state index is -4.78. The van der Waals surface area contributed by atoms with Crippen LogP contribution in [0.2, 0.25) is 5.02 Å². The topological polar surface area (TPSA) is 180 Å². The summed E-state index contributed by atoms with van der Waals surface area (Å²) in [6, 6.07) is 11.7. The highest BCUT2D eigenvalue weighted by Crippen LogP contribution is 2.35. The lowest BCUT2D eigenvalue weighted by molar-refractivity contribution is -0.0153. The Morgan fingerprint density at radius 3 is 2.56 bits per heavy atom. The Morgan fingerprint density at radius 2 is 1.83 bits per heavy atom. The van der Waals surface area contributed by atoms with Gasteiger partial charge in [0.2, 0.25) is 0 Å². The highest BCUT2D eigenvalue weighted by atomic mass is 35.5. The molecule has 0 aliphatic rings. The third-order valence-corrected chi connectivity index (χ3v) is 6.56. The first-order valence-corrected chi connectivity index (χ1v) is 14.0. The molecule has 0 bridgehead atoms. The van der Waals surface area contributed by atoms with E-state index < -0.39 is 51.1 Å². The van der Waals surface area contributed by atoms with Gasteiger partial charge in [0.15, 0.2) is 0 Å². The number of aliphatic hydroxyl groups excluding tert-OH is 1. The van der Waals surface area contributed by atoms with Crippen molar-refractivity contribution < 1.29 is 47.4 Å². The first kappa shape index (κ1) is 32.2. The summed E-state index contributed by atoms with van der Waals surface area (Å²) in [4.78, 5) is 48.1. The third kappa shape index (κ3) is 10.5. The number of urea groups is 1. The number of benzene rings is 2. The van der Waals surface area contributed by atoms with Crippen molar-refractivity contribution in [1.29, 1.82) is 0 Å². The maximum atomic E-state index is 13.7. The summed E-state index contributed by atoms with van der Waals surface area (Å²) in [5.41, 5.74) is 0.341. The molecular formula is C25H29ClFN4O9P. The van der Waals surface area contributed by atoms with Crippen molar-refractivity contribution >= 4 is 48.1 Å². The van der Waals surface area contributed by atoms with Gasteiger partial charge in [-0.3, -0.25) is 9.84 Å². The van der Waals surface area contributed by atoms with E-state index in [1.165, 1.54) is 24.1 Å². The van der Waals surface area contributed by atoms with Crippen molar-refractivity contribution in [2.75, 3.05) is 38.8 Å². The highest BCUT2D eigenvalue weighted by molar-refractivity contribution is 7.46. The molecule has 13 nitrogen and oxygen atoms in total. The molecule has 0 spiro atoms. The number of nitrogens with zero attached hydrogens (tertiary/aromatic N) is 2. The van der Waals surface area contributed by atoms with Gasteiger partial charge in [0, 0.05) is 25.2 Å². The van der Waals surface area contributed by atoms with E-state index in [1.54, 1.807) is 18.3 Å². The highest BCUT2D eigenvalue weighted by Gasteiger charge is 2.24. The Balaban J connectivity index is 1.60. The number of phosphoric acid groups is 1. The number of ether oxygens (including phenoxy) is 2. The van der Waals surface area contributed by atoms with Crippen LogP contribution in [0, 0.1) is 5.82 Å². The largest absolute Gasteiger partial charge is 0.469 e. The number of likely N-dealkylation sites (N-methyl/N-ethyl adjacent to an activating group) is 1. The van der Waals surface area contributed by atoms with Crippen LogP contribution in [0.3, 0.4) is 0 Å². The number of carbonyl (C=O) groups excluding carboxylic acids is 2. The van der Waals surface area contributed by atoms with E-state index in [0.29, 0.717) is 5.56 Å². The molecule has 222 valence electrons. The van der Waals surface area contributed by atoms with Gasteiger partial charge in [-0.25, -0.2) is 23.5 Å². The summed E-state index contributed by atoms with van der Waals surface area (Å²) < 4.78 is 39.4. The van der Waals surface area contributed by atoms with E-state index >= 15 is 0 Å². The SMILES string of the molecule is CN(C(=O)NCc1cccc(F)c1Cl)[C@@H](COC[C@H](O)COP(=O)(O)O)COC(=O)Nc1cc2ccccc2cn1. The number of aromatic nitrogens is 1. The average molecular weight is 615 g/mol. The minimum absolute atomic E-state index is 0.0965. The predicted molar refractivity (Wildman–Crippen MR) is 147 cm³/mol. The van der Waals surface area contributed by atoms with E-state index in [9.17, 15) is 23.7 Å². The normalized spacial score (nSPS) is 12.9. The van der Waals surface area contributed by atoms with Gasteiger partial charge in [0.25, 0.3) is 0 Å². The van der Waals surface area contributed by atoms with Crippen LogP contribution in [0.15, 0.2) is 54.7 Å². The summed E-state index contributed by atoms with van der Waals surface area (Å²) >= 11 is 5.94. The van der Waals surface area contributed by atoms with Gasteiger partial charge in [-0.05, 0) is 23.1 Å². The van der Waals surface area contributed by atoms with Gasteiger partial charge >= 0.3 is 19.9 Å². The van der Waals surface area contributed by atoms with Gasteiger partial charge in [-0.1, -0.05) is 48.0 Å². The molecule has 2 aromatic carbocycles. The number of hydrogen-bond acceptors (Lipinski definition) is 8. The maximum Gasteiger partial charge on any atom is 0.469 e. The molecule has 0 aliphatic heterocycles. The van der Waals surface area contributed by atoms with Crippen LogP contribution >= 0.6 is 19.4 Å². The van der Waals surface area contributed by atoms with Crippen LogP contribution in [0.4, 0.5) is 19.8 Å². The first-order valence-electron chi connectivity index (χ1n) is 12.1. The average Bonchev–Trinajstić information content (AvgIpc) is 2.93. The number of amides is 3. The number of pyridine rings is 1. The summed E-state index contributed by atoms with van der Waals surface area (Å²) in [5.74, 6) is -0.396. The molecule has 3 rings (SSSR count). The van der Waals surface area contributed by atoms with Crippen LogP contribution in [0.25, 0.3) is 10.8 Å². The second-order valence-electron chi connectivity index (χ2n) is 8.75. The second-order valence-corrected chi connectivity index (χ2v) is 10.4. The molecule has 0 fully saturated rings. The number of halogens is 2. The van der Waals surface area contributed by atoms with E-state index in [-0.39, 0.29) is 30.6 Å². The number of aliphatic hydroxyl groups is 1. The molecule has 5 N–H and O–H groups in total. The molecule has 1 aromatic heterocycles. The van der Waals surface area contributed by atoms with Crippen molar-refractivity contribution in [3.05, 3.63) is 71.1 Å². The Morgan fingerprint density at radius 1 is 1.10 bits per heavy atom. The standard InChI is InChI=1S/C25H29ClFN4O9P/c1-31(24(33)29-11-18-7-4-8-21(27)23(18)26)19(12-38-14-20(32)15-40-41(35,36)37)13-39-25(34)30-22-9-16-5-2-3-6-17(16)10-28-22/h2-10,19-20,32H,11-15H2,1H3,(H,29,33)(H,28,30,34)(H2,35,36,37)/t19-,20-/m0/s1. The molecule has 3 amide bonds. The molecule has 0 aliphatic carbocycles. The molecular weight excluding hydrogens is 586 g/mol. The second kappa shape index (κ2) is 15.0. The van der Waals surface area contributed by atoms with Crippen molar-refractivity contribution in [2.45, 2.75) is 18.7 Å². The number of fused-ring (bicyclic) bond motifs is 1. The smallest absolute Gasteiger partial charge is 0.447 e. The minimum Gasteiger partial charge on any atom is -0.447 e. The lowest BCUT2D eigenvalue weighted by Crippen LogP contribution is -2.48. The fourth-order valence-electron chi connectivity index (χ4n) is 3.45. The number of hydrogen-bond donors (Lipinski definition) is 5. The van der Waals surface area contributed by atoms with E-state index in [4.69, 9.17) is 30.9 Å². The zero-order valence-electron chi connectivity index (χ0n) is 21.8. The maximum absolute atomic E-state index is 13.7. The van der Waals surface area contributed by atoms with Gasteiger partial charge in [-0.2, -0.15) is 0 Å². The van der Waals surface area contributed by atoms with Gasteiger partial charge in [0.05, 0.1) is 30.9 Å². The molecule has 0 unspecified atom stereocenters. The van der Waals surface area contributed by atoms with Gasteiger partial charge in [0.1, 0.15) is 24.3 Å². The molecule has 0 saturated heterocycles.